The Bertz CT molecular complexity index is 324. The molecule has 0 saturated carbocycles. The van der Waals surface area contributed by atoms with E-state index in [0.717, 1.165) is 13.0 Å². The molecule has 0 aromatic carbocycles. The van der Waals surface area contributed by atoms with Gasteiger partial charge in [0.15, 0.2) is 0 Å². The average molecular weight is 262 g/mol. The molecule has 0 aliphatic carbocycles. The molecule has 2 aliphatic rings. The van der Waals surface area contributed by atoms with Crippen molar-refractivity contribution in [3.63, 3.8) is 0 Å². The normalized spacial score (nSPS) is 23.8. The topological polar surface area (TPSA) is 15.6 Å². The maximum Gasteiger partial charge on any atom is 0.0392 e. The Balaban J connectivity index is 2.08. The van der Waals surface area contributed by atoms with Crippen LogP contribution in [0.2, 0.25) is 0 Å². The van der Waals surface area contributed by atoms with Crippen molar-refractivity contribution >= 4 is 5.71 Å². The molecule has 2 nitrogen and oxygen atoms in total. The maximum absolute atomic E-state index is 4.81. The minimum Gasteiger partial charge on any atom is -0.296 e. The average Bonchev–Trinajstić information content (AvgIpc) is 2.68. The lowest BCUT2D eigenvalue weighted by Gasteiger charge is -2.38. The Morgan fingerprint density at radius 1 is 1.05 bits per heavy atom. The fraction of sp³-hybridized carbons (Fsp3) is 0.824. The zero-order valence-electron chi connectivity index (χ0n) is 12.8. The molecule has 0 bridgehead atoms. The van der Waals surface area contributed by atoms with Gasteiger partial charge in [-0.25, -0.2) is 0 Å². The quantitative estimate of drug-likeness (QED) is 0.745. The summed E-state index contributed by atoms with van der Waals surface area (Å²) in [4.78, 5) is 7.47. The van der Waals surface area contributed by atoms with Gasteiger partial charge in [-0.05, 0) is 56.7 Å². The number of aliphatic imine (C=N–C) groups is 1. The predicted octanol–water partition coefficient (Wildman–Crippen LogP) is 4.07. The largest absolute Gasteiger partial charge is 0.296 e. The standard InChI is InChI=1S/C17H30N2/c1-14(2)17(19-12-8-5-9-13-19)15(3)16-10-6-4-7-11-18-16/h14,17H,3-13H2,1-2H3. The van der Waals surface area contributed by atoms with Gasteiger partial charge in [0.25, 0.3) is 0 Å². The van der Waals surface area contributed by atoms with E-state index < -0.39 is 0 Å². The zero-order valence-corrected chi connectivity index (χ0v) is 12.8. The Hall–Kier alpha value is -0.630. The SMILES string of the molecule is C=C(C1=NCCCCC1)C(C(C)C)N1CCCCC1. The van der Waals surface area contributed by atoms with E-state index in [1.54, 1.807) is 0 Å². The van der Waals surface area contributed by atoms with Crippen molar-refractivity contribution in [3.8, 4) is 0 Å². The van der Waals surface area contributed by atoms with Crippen LogP contribution >= 0.6 is 0 Å². The van der Waals surface area contributed by atoms with Crippen molar-refractivity contribution in [2.75, 3.05) is 19.6 Å². The smallest absolute Gasteiger partial charge is 0.0392 e. The Morgan fingerprint density at radius 2 is 1.74 bits per heavy atom. The van der Waals surface area contributed by atoms with Crippen LogP contribution in [0.25, 0.3) is 0 Å². The molecule has 2 heteroatoms. The minimum absolute atomic E-state index is 0.511. The van der Waals surface area contributed by atoms with Gasteiger partial charge >= 0.3 is 0 Å². The molecule has 0 aromatic rings. The van der Waals surface area contributed by atoms with E-state index in [4.69, 9.17) is 4.99 Å². The number of rotatable bonds is 4. The molecule has 1 atom stereocenters. The van der Waals surface area contributed by atoms with Gasteiger partial charge in [0.05, 0.1) is 0 Å². The molecule has 0 spiro atoms. The fourth-order valence-corrected chi connectivity index (χ4v) is 3.55. The van der Waals surface area contributed by atoms with Crippen molar-refractivity contribution in [1.29, 1.82) is 0 Å². The summed E-state index contributed by atoms with van der Waals surface area (Å²) in [5.74, 6) is 0.636. The monoisotopic (exact) mass is 262 g/mol. The molecule has 19 heavy (non-hydrogen) atoms. The second kappa shape index (κ2) is 7.23. The third-order valence-corrected chi connectivity index (χ3v) is 4.52. The zero-order chi connectivity index (χ0) is 13.7. The fourth-order valence-electron chi connectivity index (χ4n) is 3.55. The highest BCUT2D eigenvalue weighted by Crippen LogP contribution is 2.25. The van der Waals surface area contributed by atoms with Crippen molar-refractivity contribution in [2.24, 2.45) is 10.9 Å². The number of nitrogens with zero attached hydrogens (tertiary/aromatic N) is 2. The predicted molar refractivity (Wildman–Crippen MR) is 84.0 cm³/mol. The molecule has 1 saturated heterocycles. The molecule has 0 N–H and O–H groups in total. The summed E-state index contributed by atoms with van der Waals surface area (Å²) >= 11 is 0. The van der Waals surface area contributed by atoms with E-state index in [1.165, 1.54) is 62.9 Å². The lowest BCUT2D eigenvalue weighted by atomic mass is 9.89. The second-order valence-corrected chi connectivity index (χ2v) is 6.45. The van der Waals surface area contributed by atoms with Gasteiger partial charge in [-0.2, -0.15) is 0 Å². The lowest BCUT2D eigenvalue weighted by Crippen LogP contribution is -2.44. The van der Waals surface area contributed by atoms with Gasteiger partial charge in [-0.15, -0.1) is 0 Å². The number of hydrogen-bond acceptors (Lipinski definition) is 2. The lowest BCUT2D eigenvalue weighted by molar-refractivity contribution is 0.155. The first-order chi connectivity index (χ1) is 9.20. The van der Waals surface area contributed by atoms with Crippen LogP contribution in [0.1, 0.15) is 58.8 Å². The van der Waals surface area contributed by atoms with Gasteiger partial charge in [-0.3, -0.25) is 9.89 Å². The van der Waals surface area contributed by atoms with E-state index in [0.29, 0.717) is 12.0 Å². The Labute approximate surface area is 119 Å². The minimum atomic E-state index is 0.511. The summed E-state index contributed by atoms with van der Waals surface area (Å²) in [7, 11) is 0. The van der Waals surface area contributed by atoms with E-state index in [2.05, 4.69) is 25.3 Å². The van der Waals surface area contributed by atoms with Crippen LogP contribution in [0.4, 0.5) is 0 Å². The number of piperidine rings is 1. The van der Waals surface area contributed by atoms with Crippen LogP contribution in [0.5, 0.6) is 0 Å². The number of hydrogen-bond donors (Lipinski definition) is 0. The van der Waals surface area contributed by atoms with Gasteiger partial charge < -0.3 is 0 Å². The highest BCUT2D eigenvalue weighted by atomic mass is 15.2. The maximum atomic E-state index is 4.81. The van der Waals surface area contributed by atoms with Crippen molar-refractivity contribution in [3.05, 3.63) is 12.2 Å². The summed E-state index contributed by atoms with van der Waals surface area (Å²) in [5.41, 5.74) is 2.64. The van der Waals surface area contributed by atoms with E-state index >= 15 is 0 Å². The molecule has 0 radical (unpaired) electrons. The molecule has 1 unspecified atom stereocenters. The second-order valence-electron chi connectivity index (χ2n) is 6.45. The van der Waals surface area contributed by atoms with Crippen LogP contribution in [0.15, 0.2) is 17.1 Å². The third-order valence-electron chi connectivity index (χ3n) is 4.52. The van der Waals surface area contributed by atoms with E-state index in [1.807, 2.05) is 0 Å². The Kier molecular flexibility index (Phi) is 5.62. The molecule has 2 rings (SSSR count). The summed E-state index contributed by atoms with van der Waals surface area (Å²) in [5, 5.41) is 0. The van der Waals surface area contributed by atoms with Crippen molar-refractivity contribution < 1.29 is 0 Å². The first kappa shape index (κ1) is 14.8. The summed E-state index contributed by atoms with van der Waals surface area (Å²) < 4.78 is 0. The highest BCUT2D eigenvalue weighted by Gasteiger charge is 2.28. The van der Waals surface area contributed by atoms with Gasteiger partial charge in [0, 0.05) is 18.3 Å². The van der Waals surface area contributed by atoms with Gasteiger partial charge in [0.2, 0.25) is 0 Å². The molecule has 2 heterocycles. The van der Waals surface area contributed by atoms with Crippen LogP contribution < -0.4 is 0 Å². The summed E-state index contributed by atoms with van der Waals surface area (Å²) in [6, 6.07) is 0.511. The van der Waals surface area contributed by atoms with Crippen LogP contribution in [0, 0.1) is 5.92 Å². The third kappa shape index (κ3) is 3.92. The van der Waals surface area contributed by atoms with Crippen molar-refractivity contribution in [2.45, 2.75) is 64.8 Å². The summed E-state index contributed by atoms with van der Waals surface area (Å²) in [6.07, 6.45) is 9.13. The first-order valence-corrected chi connectivity index (χ1v) is 8.16. The van der Waals surface area contributed by atoms with E-state index in [9.17, 15) is 0 Å². The van der Waals surface area contributed by atoms with E-state index in [-0.39, 0.29) is 0 Å². The first-order valence-electron chi connectivity index (χ1n) is 8.16. The number of likely N-dealkylation sites (tertiary alicyclic amines) is 1. The molecule has 2 aliphatic heterocycles. The molecular weight excluding hydrogens is 232 g/mol. The van der Waals surface area contributed by atoms with Gasteiger partial charge in [0.1, 0.15) is 0 Å². The van der Waals surface area contributed by atoms with Crippen LogP contribution in [0.3, 0.4) is 0 Å². The highest BCUT2D eigenvalue weighted by molar-refractivity contribution is 6.00. The van der Waals surface area contributed by atoms with Crippen LogP contribution in [-0.4, -0.2) is 36.3 Å². The molecule has 0 amide bonds. The Morgan fingerprint density at radius 3 is 2.42 bits per heavy atom. The molecule has 1 fully saturated rings. The van der Waals surface area contributed by atoms with Crippen LogP contribution in [-0.2, 0) is 0 Å². The van der Waals surface area contributed by atoms with Gasteiger partial charge in [-0.1, -0.05) is 33.3 Å². The van der Waals surface area contributed by atoms with Crippen molar-refractivity contribution in [1.82, 2.24) is 4.90 Å². The summed E-state index contributed by atoms with van der Waals surface area (Å²) in [6.45, 7) is 12.6. The molecular formula is C17H30N2. The molecule has 0 aromatic heterocycles. The molecule has 108 valence electrons.